The number of hydrogen-bond donors (Lipinski definition) is 1. The second-order valence-corrected chi connectivity index (χ2v) is 6.53. The standard InChI is InChI=1S/C19H37NO3.K/c1-3-4-5-6-7-8-9-10-11-12-13-14-15-16-18(21)20-17(2)19(22)23;/h17H,3-16H2,1-2H3,(H,20,21)(H,22,23);/q;+1/p-1/t17-;/m1./s1. The number of unbranched alkanes of at least 4 members (excludes halogenated alkanes) is 12. The predicted molar refractivity (Wildman–Crippen MR) is 94.8 cm³/mol. The SMILES string of the molecule is CCCCCCCCCCCCCCCC([O-])=N[C@H](C)C(=O)O.[K+]. The average Bonchev–Trinajstić information content (AvgIpc) is 2.51. The number of carboxylic acids is 1. The Labute approximate surface area is 191 Å². The topological polar surface area (TPSA) is 72.7 Å². The minimum Gasteiger partial charge on any atom is -0.862 e. The molecule has 0 amide bonds. The van der Waals surface area contributed by atoms with E-state index >= 15 is 0 Å². The van der Waals surface area contributed by atoms with Crippen LogP contribution in [0, 0.1) is 0 Å². The summed E-state index contributed by atoms with van der Waals surface area (Å²) >= 11 is 0. The van der Waals surface area contributed by atoms with E-state index in [4.69, 9.17) is 5.11 Å². The van der Waals surface area contributed by atoms with Gasteiger partial charge in [-0.25, -0.2) is 4.79 Å². The van der Waals surface area contributed by atoms with Gasteiger partial charge in [0.1, 0.15) is 6.04 Å². The molecular weight excluding hydrogens is 329 g/mol. The Morgan fingerprint density at radius 3 is 1.62 bits per heavy atom. The number of rotatable bonds is 16. The van der Waals surface area contributed by atoms with Crippen LogP contribution in [0.5, 0.6) is 0 Å². The van der Waals surface area contributed by atoms with Crippen molar-refractivity contribution in [3.8, 4) is 0 Å². The maximum Gasteiger partial charge on any atom is 1.00 e. The summed E-state index contributed by atoms with van der Waals surface area (Å²) in [6.07, 6.45) is 16.9. The molecule has 1 N–H and O–H groups in total. The molecule has 0 aromatic rings. The van der Waals surface area contributed by atoms with E-state index in [2.05, 4.69) is 11.9 Å². The molecule has 0 unspecified atom stereocenters. The molecule has 0 rings (SSSR count). The fourth-order valence-electron chi connectivity index (χ4n) is 2.63. The van der Waals surface area contributed by atoms with Crippen LogP contribution in [0.2, 0.25) is 0 Å². The summed E-state index contributed by atoms with van der Waals surface area (Å²) in [7, 11) is 0. The summed E-state index contributed by atoms with van der Waals surface area (Å²) in [4.78, 5) is 14.2. The van der Waals surface area contributed by atoms with Crippen molar-refractivity contribution in [2.45, 2.75) is 110 Å². The minimum absolute atomic E-state index is 0. The Hall–Kier alpha value is 0.576. The molecule has 0 aliphatic carbocycles. The molecule has 0 aliphatic heterocycles. The normalized spacial score (nSPS) is 12.7. The molecule has 0 aromatic carbocycles. The summed E-state index contributed by atoms with van der Waals surface area (Å²) in [5.41, 5.74) is 0. The van der Waals surface area contributed by atoms with Crippen molar-refractivity contribution >= 4 is 11.9 Å². The minimum atomic E-state index is -1.04. The molecule has 0 spiro atoms. The molecular formula is C19H36KNO3. The van der Waals surface area contributed by atoms with Gasteiger partial charge in [-0.2, -0.15) is 0 Å². The molecule has 0 bridgehead atoms. The zero-order valence-corrected chi connectivity index (χ0v) is 19.3. The first kappa shape index (κ1) is 26.8. The fourth-order valence-corrected chi connectivity index (χ4v) is 2.63. The van der Waals surface area contributed by atoms with Gasteiger partial charge in [0, 0.05) is 0 Å². The predicted octanol–water partition coefficient (Wildman–Crippen LogP) is 1.70. The Morgan fingerprint density at radius 2 is 1.25 bits per heavy atom. The third-order valence-corrected chi connectivity index (χ3v) is 4.19. The van der Waals surface area contributed by atoms with Gasteiger partial charge in [0.25, 0.3) is 0 Å². The maximum absolute atomic E-state index is 11.4. The molecule has 0 radical (unpaired) electrons. The summed E-state index contributed by atoms with van der Waals surface area (Å²) in [5.74, 6) is -1.31. The molecule has 0 aliphatic rings. The largest absolute Gasteiger partial charge is 1.00 e. The van der Waals surface area contributed by atoms with E-state index in [9.17, 15) is 9.90 Å². The third-order valence-electron chi connectivity index (χ3n) is 4.19. The Kier molecular flexibility index (Phi) is 22.2. The van der Waals surface area contributed by atoms with Gasteiger partial charge >= 0.3 is 57.4 Å². The monoisotopic (exact) mass is 365 g/mol. The van der Waals surface area contributed by atoms with Gasteiger partial charge in [-0.05, 0) is 25.7 Å². The second kappa shape index (κ2) is 19.9. The fraction of sp³-hybridized carbons (Fsp3) is 0.895. The van der Waals surface area contributed by atoms with E-state index in [0.717, 1.165) is 19.3 Å². The molecule has 24 heavy (non-hydrogen) atoms. The quantitative estimate of drug-likeness (QED) is 0.196. The van der Waals surface area contributed by atoms with Crippen molar-refractivity contribution in [2.75, 3.05) is 0 Å². The van der Waals surface area contributed by atoms with Crippen LogP contribution < -0.4 is 56.5 Å². The van der Waals surface area contributed by atoms with Gasteiger partial charge in [0.2, 0.25) is 0 Å². The number of carboxylic acid groups (broad SMARTS) is 1. The van der Waals surface area contributed by atoms with Crippen molar-refractivity contribution in [1.82, 2.24) is 0 Å². The van der Waals surface area contributed by atoms with Crippen LogP contribution in [0.1, 0.15) is 104 Å². The maximum atomic E-state index is 11.4. The number of carbonyl (C=O) groups is 1. The molecule has 0 aromatic heterocycles. The van der Waals surface area contributed by atoms with Crippen LogP contribution in [0.15, 0.2) is 4.99 Å². The summed E-state index contributed by atoms with van der Waals surface area (Å²) in [5, 5.41) is 20.1. The van der Waals surface area contributed by atoms with E-state index < -0.39 is 12.0 Å². The third kappa shape index (κ3) is 18.9. The van der Waals surface area contributed by atoms with Crippen molar-refractivity contribution < 1.29 is 66.4 Å². The first-order valence-electron chi connectivity index (χ1n) is 9.54. The van der Waals surface area contributed by atoms with Crippen LogP contribution in [0.25, 0.3) is 0 Å². The van der Waals surface area contributed by atoms with Crippen LogP contribution in [-0.4, -0.2) is 23.0 Å². The van der Waals surface area contributed by atoms with Crippen LogP contribution in [0.3, 0.4) is 0 Å². The van der Waals surface area contributed by atoms with E-state index in [1.165, 1.54) is 71.1 Å². The first-order chi connectivity index (χ1) is 11.1. The summed E-state index contributed by atoms with van der Waals surface area (Å²) in [6.45, 7) is 3.69. The van der Waals surface area contributed by atoms with E-state index in [1.807, 2.05) is 0 Å². The summed E-state index contributed by atoms with van der Waals surface area (Å²) < 4.78 is 0. The summed E-state index contributed by atoms with van der Waals surface area (Å²) in [6, 6.07) is -0.913. The van der Waals surface area contributed by atoms with Gasteiger partial charge in [-0.3, -0.25) is 4.99 Å². The van der Waals surface area contributed by atoms with Crippen molar-refractivity contribution in [3.05, 3.63) is 0 Å². The van der Waals surface area contributed by atoms with Gasteiger partial charge in [-0.1, -0.05) is 84.0 Å². The zero-order chi connectivity index (χ0) is 17.3. The van der Waals surface area contributed by atoms with Gasteiger partial charge in [-0.15, -0.1) is 0 Å². The van der Waals surface area contributed by atoms with Gasteiger partial charge in [0.15, 0.2) is 0 Å². The second-order valence-electron chi connectivity index (χ2n) is 6.53. The average molecular weight is 366 g/mol. The molecule has 0 saturated carbocycles. The molecule has 0 fully saturated rings. The number of aliphatic carboxylic acids is 1. The van der Waals surface area contributed by atoms with Crippen molar-refractivity contribution in [1.29, 1.82) is 0 Å². The van der Waals surface area contributed by atoms with Crippen LogP contribution >= 0.6 is 0 Å². The Bertz CT molecular complexity index is 322. The van der Waals surface area contributed by atoms with E-state index in [0.29, 0.717) is 6.42 Å². The van der Waals surface area contributed by atoms with E-state index in [1.54, 1.807) is 0 Å². The van der Waals surface area contributed by atoms with Gasteiger partial charge in [0.05, 0.1) is 0 Å². The smallest absolute Gasteiger partial charge is 0.862 e. The van der Waals surface area contributed by atoms with Crippen LogP contribution in [-0.2, 0) is 4.79 Å². The first-order valence-corrected chi connectivity index (χ1v) is 9.54. The van der Waals surface area contributed by atoms with Crippen molar-refractivity contribution in [3.63, 3.8) is 0 Å². The number of aliphatic imine (C=N–C) groups is 1. The zero-order valence-electron chi connectivity index (χ0n) is 16.2. The molecule has 4 nitrogen and oxygen atoms in total. The molecule has 0 heterocycles. The number of nitrogens with zero attached hydrogens (tertiary/aromatic N) is 1. The van der Waals surface area contributed by atoms with E-state index in [-0.39, 0.29) is 57.3 Å². The van der Waals surface area contributed by atoms with Crippen molar-refractivity contribution in [2.24, 2.45) is 4.99 Å². The molecule has 5 heteroatoms. The van der Waals surface area contributed by atoms with Gasteiger partial charge < -0.3 is 10.2 Å². The molecule has 136 valence electrons. The number of hydrogen-bond acceptors (Lipinski definition) is 3. The Balaban J connectivity index is 0. The Morgan fingerprint density at radius 1 is 0.875 bits per heavy atom. The van der Waals surface area contributed by atoms with Crippen LogP contribution in [0.4, 0.5) is 0 Å². The molecule has 1 atom stereocenters. The molecule has 0 saturated heterocycles.